The zero-order valence-electron chi connectivity index (χ0n) is 19.9. The molecular weight excluding hydrogens is 450 g/mol. The summed E-state index contributed by atoms with van der Waals surface area (Å²) in [7, 11) is -3.93. The third-order valence-electron chi connectivity index (χ3n) is 6.98. The van der Waals surface area contributed by atoms with Crippen molar-refractivity contribution in [2.75, 3.05) is 13.1 Å². The summed E-state index contributed by atoms with van der Waals surface area (Å²) >= 11 is 0. The molecule has 1 aliphatic carbocycles. The topological polar surface area (TPSA) is 86.8 Å². The first-order valence-electron chi connectivity index (χ1n) is 11.9. The highest BCUT2D eigenvalue weighted by molar-refractivity contribution is 7.89. The van der Waals surface area contributed by atoms with Gasteiger partial charge in [-0.15, -0.1) is 0 Å². The van der Waals surface area contributed by atoms with Crippen LogP contribution in [0.3, 0.4) is 0 Å². The number of carbonyl (C=O) groups is 2. The molecule has 0 radical (unpaired) electrons. The second-order valence-corrected chi connectivity index (χ2v) is 11.5. The second kappa shape index (κ2) is 9.88. The predicted molar refractivity (Wildman–Crippen MR) is 130 cm³/mol. The van der Waals surface area contributed by atoms with Crippen LogP contribution in [0, 0.1) is 6.92 Å². The van der Waals surface area contributed by atoms with Crippen molar-refractivity contribution in [1.82, 2.24) is 14.5 Å². The summed E-state index contributed by atoms with van der Waals surface area (Å²) in [6.07, 6.45) is 4.78. The van der Waals surface area contributed by atoms with E-state index in [-0.39, 0.29) is 35.8 Å². The molecule has 4 rings (SSSR count). The lowest BCUT2D eigenvalue weighted by atomic mass is 9.87. The average Bonchev–Trinajstić information content (AvgIpc) is 2.83. The maximum atomic E-state index is 13.6. The van der Waals surface area contributed by atoms with Gasteiger partial charge in [-0.05, 0) is 44.4 Å². The fourth-order valence-electron chi connectivity index (χ4n) is 5.10. The van der Waals surface area contributed by atoms with Gasteiger partial charge in [0.15, 0.2) is 0 Å². The lowest BCUT2D eigenvalue weighted by Gasteiger charge is -2.51. The van der Waals surface area contributed by atoms with Gasteiger partial charge in [-0.25, -0.2) is 8.42 Å². The van der Waals surface area contributed by atoms with Gasteiger partial charge < -0.3 is 10.2 Å². The molecule has 1 saturated heterocycles. The van der Waals surface area contributed by atoms with Gasteiger partial charge in [0.05, 0.1) is 11.4 Å². The highest BCUT2D eigenvalue weighted by atomic mass is 32.2. The van der Waals surface area contributed by atoms with Gasteiger partial charge in [0.1, 0.15) is 5.54 Å². The molecule has 2 aliphatic rings. The molecule has 1 atom stereocenters. The molecule has 1 heterocycles. The van der Waals surface area contributed by atoms with E-state index < -0.39 is 15.6 Å². The van der Waals surface area contributed by atoms with E-state index in [9.17, 15) is 18.0 Å². The molecule has 8 heteroatoms. The Kier molecular flexibility index (Phi) is 7.09. The van der Waals surface area contributed by atoms with E-state index in [1.54, 1.807) is 36.1 Å². The van der Waals surface area contributed by atoms with Crippen molar-refractivity contribution in [3.05, 3.63) is 65.7 Å². The van der Waals surface area contributed by atoms with Gasteiger partial charge in [-0.1, -0.05) is 67.3 Å². The van der Waals surface area contributed by atoms with Crippen LogP contribution in [-0.4, -0.2) is 54.1 Å². The first-order valence-corrected chi connectivity index (χ1v) is 13.4. The van der Waals surface area contributed by atoms with Crippen LogP contribution >= 0.6 is 0 Å². The van der Waals surface area contributed by atoms with Crippen molar-refractivity contribution < 1.29 is 18.0 Å². The summed E-state index contributed by atoms with van der Waals surface area (Å²) in [6, 6.07) is 16.1. The number of amides is 2. The number of nitrogens with one attached hydrogen (secondary N) is 1. The number of hydrogen-bond donors (Lipinski definition) is 1. The Morgan fingerprint density at radius 1 is 1.03 bits per heavy atom. The van der Waals surface area contributed by atoms with Gasteiger partial charge in [0.25, 0.3) is 0 Å². The molecule has 0 unspecified atom stereocenters. The second-order valence-electron chi connectivity index (χ2n) is 9.58. The lowest BCUT2D eigenvalue weighted by Crippen LogP contribution is -2.71. The molecule has 1 N–H and O–H groups in total. The SMILES string of the molecule is Cc1ccc(S(=O)(=O)N2CC(=O)N(C3CCCCC3)[C@@](C)(C(=O)NCc3ccccc3)C2)cc1. The molecular formula is C26H33N3O4S. The molecule has 182 valence electrons. The van der Waals surface area contributed by atoms with Crippen LogP contribution in [0.15, 0.2) is 59.5 Å². The Balaban J connectivity index is 1.64. The number of nitrogens with zero attached hydrogens (tertiary/aromatic N) is 2. The molecule has 0 aromatic heterocycles. The highest BCUT2D eigenvalue weighted by Gasteiger charge is 2.52. The standard InChI is InChI=1S/C26H33N3O4S/c1-20-13-15-23(16-14-20)34(32,33)28-18-24(30)29(22-11-7-4-8-12-22)26(2,19-28)25(31)27-17-21-9-5-3-6-10-21/h3,5-6,9-10,13-16,22H,4,7-8,11-12,17-19H2,1-2H3,(H,27,31)/t26-/m1/s1. The maximum Gasteiger partial charge on any atom is 0.247 e. The Morgan fingerprint density at radius 2 is 1.68 bits per heavy atom. The largest absolute Gasteiger partial charge is 0.350 e. The fourth-order valence-corrected chi connectivity index (χ4v) is 6.58. The van der Waals surface area contributed by atoms with Crippen LogP contribution in [-0.2, 0) is 26.2 Å². The van der Waals surface area contributed by atoms with Crippen molar-refractivity contribution in [2.24, 2.45) is 0 Å². The quantitative estimate of drug-likeness (QED) is 0.683. The number of aryl methyl sites for hydroxylation is 1. The molecule has 0 bridgehead atoms. The van der Waals surface area contributed by atoms with Gasteiger partial charge in [0.2, 0.25) is 21.8 Å². The van der Waals surface area contributed by atoms with Crippen molar-refractivity contribution in [1.29, 1.82) is 0 Å². The van der Waals surface area contributed by atoms with E-state index in [2.05, 4.69) is 5.32 Å². The Morgan fingerprint density at radius 3 is 2.32 bits per heavy atom. The molecule has 34 heavy (non-hydrogen) atoms. The molecule has 2 fully saturated rings. The molecule has 7 nitrogen and oxygen atoms in total. The Hall–Kier alpha value is -2.71. The average molecular weight is 484 g/mol. The number of benzene rings is 2. The third-order valence-corrected chi connectivity index (χ3v) is 8.79. The highest BCUT2D eigenvalue weighted by Crippen LogP contribution is 2.34. The van der Waals surface area contributed by atoms with E-state index in [1.165, 1.54) is 4.31 Å². The number of hydrogen-bond acceptors (Lipinski definition) is 4. The number of rotatable bonds is 6. The zero-order chi connectivity index (χ0) is 24.3. The van der Waals surface area contributed by atoms with Crippen molar-refractivity contribution in [2.45, 2.75) is 69.0 Å². The van der Waals surface area contributed by atoms with Gasteiger partial charge >= 0.3 is 0 Å². The minimum Gasteiger partial charge on any atom is -0.350 e. The van der Waals surface area contributed by atoms with Gasteiger partial charge in [0, 0.05) is 19.1 Å². The van der Waals surface area contributed by atoms with Crippen LogP contribution in [0.5, 0.6) is 0 Å². The smallest absolute Gasteiger partial charge is 0.247 e. The molecule has 1 aliphatic heterocycles. The zero-order valence-corrected chi connectivity index (χ0v) is 20.7. The van der Waals surface area contributed by atoms with E-state index in [4.69, 9.17) is 0 Å². The monoisotopic (exact) mass is 483 g/mol. The van der Waals surface area contributed by atoms with Crippen molar-refractivity contribution in [3.8, 4) is 0 Å². The Bertz CT molecular complexity index is 1130. The van der Waals surface area contributed by atoms with E-state index in [1.807, 2.05) is 37.3 Å². The van der Waals surface area contributed by atoms with Crippen LogP contribution < -0.4 is 5.32 Å². The summed E-state index contributed by atoms with van der Waals surface area (Å²) in [5.41, 5.74) is 0.585. The normalized spacial score (nSPS) is 22.5. The first-order chi connectivity index (χ1) is 16.2. The summed E-state index contributed by atoms with van der Waals surface area (Å²) in [5.74, 6) is -0.648. The van der Waals surface area contributed by atoms with Crippen LogP contribution in [0.2, 0.25) is 0 Å². The number of piperazine rings is 1. The minimum absolute atomic E-state index is 0.0574. The van der Waals surface area contributed by atoms with E-state index in [0.717, 1.165) is 43.2 Å². The number of sulfonamides is 1. The fraction of sp³-hybridized carbons (Fsp3) is 0.462. The Labute approximate surface area is 202 Å². The first kappa shape index (κ1) is 24.4. The van der Waals surface area contributed by atoms with Crippen LogP contribution in [0.1, 0.15) is 50.2 Å². The van der Waals surface area contributed by atoms with Crippen LogP contribution in [0.25, 0.3) is 0 Å². The summed E-state index contributed by atoms with van der Waals surface area (Å²) in [5, 5.41) is 2.96. The molecule has 2 amide bonds. The molecule has 2 aromatic rings. The van der Waals surface area contributed by atoms with Crippen molar-refractivity contribution in [3.63, 3.8) is 0 Å². The summed E-state index contributed by atoms with van der Waals surface area (Å²) in [4.78, 5) is 28.9. The lowest BCUT2D eigenvalue weighted by molar-refractivity contribution is -0.157. The van der Waals surface area contributed by atoms with E-state index in [0.29, 0.717) is 6.54 Å². The molecule has 2 aromatic carbocycles. The summed E-state index contributed by atoms with van der Waals surface area (Å²) < 4.78 is 28.0. The van der Waals surface area contributed by atoms with Crippen LogP contribution in [0.4, 0.5) is 0 Å². The van der Waals surface area contributed by atoms with Gasteiger partial charge in [-0.3, -0.25) is 9.59 Å². The minimum atomic E-state index is -3.93. The van der Waals surface area contributed by atoms with E-state index >= 15 is 0 Å². The number of carbonyl (C=O) groups excluding carboxylic acids is 2. The summed E-state index contributed by atoms with van der Waals surface area (Å²) in [6.45, 7) is 3.57. The van der Waals surface area contributed by atoms with Crippen molar-refractivity contribution >= 4 is 21.8 Å². The third kappa shape index (κ3) is 4.88. The molecule has 1 saturated carbocycles. The predicted octanol–water partition coefficient (Wildman–Crippen LogP) is 3.24. The molecule has 0 spiro atoms. The van der Waals surface area contributed by atoms with Gasteiger partial charge in [-0.2, -0.15) is 4.31 Å². The maximum absolute atomic E-state index is 13.6.